The van der Waals surface area contributed by atoms with Crippen molar-refractivity contribution in [2.45, 2.75) is 23.6 Å². The van der Waals surface area contributed by atoms with Gasteiger partial charge in [0.1, 0.15) is 4.21 Å². The van der Waals surface area contributed by atoms with Crippen LogP contribution in [0, 0.1) is 5.92 Å². The number of carbonyl (C=O) groups is 1. The van der Waals surface area contributed by atoms with Crippen molar-refractivity contribution in [3.05, 3.63) is 53.4 Å². The summed E-state index contributed by atoms with van der Waals surface area (Å²) in [5, 5.41) is 1.78. The molecule has 2 aliphatic heterocycles. The Balaban J connectivity index is 0.00000256. The van der Waals surface area contributed by atoms with Crippen LogP contribution in [0.15, 0.2) is 52.1 Å². The summed E-state index contributed by atoms with van der Waals surface area (Å²) in [6.07, 6.45) is 1.21. The van der Waals surface area contributed by atoms with Crippen LogP contribution in [0.1, 0.15) is 18.4 Å². The topological polar surface area (TPSA) is 60.9 Å². The van der Waals surface area contributed by atoms with Gasteiger partial charge < -0.3 is 17.3 Å². The number of hydrogen-bond donors (Lipinski definition) is 0. The maximum Gasteiger partial charge on any atom is 0.252 e. The molecule has 2 aromatic rings. The summed E-state index contributed by atoms with van der Waals surface area (Å²) in [4.78, 5) is 17.3. The normalized spacial score (nSPS) is 19.4. The predicted molar refractivity (Wildman–Crippen MR) is 114 cm³/mol. The molecule has 3 heterocycles. The SMILES string of the molecule is O=C(C1CCN(S(=O)(=O)c2cccs2)CC1)N1CCN(Cc2ccccc2)CC1.[Cl-]. The zero-order valence-corrected chi connectivity index (χ0v) is 19.2. The van der Waals surface area contributed by atoms with Gasteiger partial charge in [-0.1, -0.05) is 36.4 Å². The van der Waals surface area contributed by atoms with Crippen LogP contribution in [0.2, 0.25) is 0 Å². The number of nitrogens with zero attached hydrogens (tertiary/aromatic N) is 3. The maximum absolute atomic E-state index is 12.9. The molecule has 0 bridgehead atoms. The van der Waals surface area contributed by atoms with Crippen molar-refractivity contribution < 1.29 is 25.6 Å². The van der Waals surface area contributed by atoms with E-state index in [1.54, 1.807) is 17.5 Å². The van der Waals surface area contributed by atoms with E-state index >= 15 is 0 Å². The van der Waals surface area contributed by atoms with Crippen molar-refractivity contribution in [1.29, 1.82) is 0 Å². The molecule has 0 saturated carbocycles. The second-order valence-corrected chi connectivity index (χ2v) is 10.8. The summed E-state index contributed by atoms with van der Waals surface area (Å²) in [6.45, 7) is 5.02. The van der Waals surface area contributed by atoms with Crippen LogP contribution >= 0.6 is 11.3 Å². The molecule has 1 aromatic carbocycles. The molecule has 0 aliphatic carbocycles. The van der Waals surface area contributed by atoms with Crippen LogP contribution in [0.5, 0.6) is 0 Å². The van der Waals surface area contributed by atoms with Gasteiger partial charge in [0.2, 0.25) is 5.91 Å². The summed E-state index contributed by atoms with van der Waals surface area (Å²) in [6, 6.07) is 13.8. The molecular weight excluding hydrogens is 442 g/mol. The minimum absolute atomic E-state index is 0. The molecule has 0 radical (unpaired) electrons. The Labute approximate surface area is 188 Å². The molecular formula is C21H27ClN3O3S2-. The van der Waals surface area contributed by atoms with Crippen molar-refractivity contribution in [3.8, 4) is 0 Å². The van der Waals surface area contributed by atoms with Crippen molar-refractivity contribution in [3.63, 3.8) is 0 Å². The number of amides is 1. The van der Waals surface area contributed by atoms with E-state index in [0.29, 0.717) is 30.1 Å². The first-order chi connectivity index (χ1) is 14.0. The van der Waals surface area contributed by atoms with Crippen molar-refractivity contribution in [2.75, 3.05) is 39.3 Å². The van der Waals surface area contributed by atoms with E-state index in [0.717, 1.165) is 32.7 Å². The minimum Gasteiger partial charge on any atom is -1.00 e. The van der Waals surface area contributed by atoms with Crippen LogP contribution in [-0.2, 0) is 21.4 Å². The van der Waals surface area contributed by atoms with Crippen LogP contribution in [0.3, 0.4) is 0 Å². The minimum atomic E-state index is -3.41. The molecule has 4 rings (SSSR count). The lowest BCUT2D eigenvalue weighted by Crippen LogP contribution is -3.00. The van der Waals surface area contributed by atoms with Crippen LogP contribution < -0.4 is 12.4 Å². The van der Waals surface area contributed by atoms with Gasteiger partial charge in [0, 0.05) is 51.7 Å². The molecule has 2 saturated heterocycles. The molecule has 6 nitrogen and oxygen atoms in total. The van der Waals surface area contributed by atoms with Crippen molar-refractivity contribution in [1.82, 2.24) is 14.1 Å². The largest absolute Gasteiger partial charge is 1.00 e. The van der Waals surface area contributed by atoms with E-state index in [9.17, 15) is 13.2 Å². The number of halogens is 1. The zero-order valence-electron chi connectivity index (χ0n) is 16.8. The van der Waals surface area contributed by atoms with Gasteiger partial charge in [0.05, 0.1) is 0 Å². The maximum atomic E-state index is 12.9. The monoisotopic (exact) mass is 468 g/mol. The highest BCUT2D eigenvalue weighted by atomic mass is 35.5. The first-order valence-corrected chi connectivity index (χ1v) is 12.4. The molecule has 2 aliphatic rings. The smallest absolute Gasteiger partial charge is 0.252 e. The molecule has 0 atom stereocenters. The second kappa shape index (κ2) is 10.2. The van der Waals surface area contributed by atoms with E-state index in [1.165, 1.54) is 21.2 Å². The first kappa shape index (κ1) is 23.2. The van der Waals surface area contributed by atoms with E-state index in [2.05, 4.69) is 29.2 Å². The molecule has 0 N–H and O–H groups in total. The molecule has 2 fully saturated rings. The number of thiophene rings is 1. The molecule has 0 spiro atoms. The van der Waals surface area contributed by atoms with Gasteiger partial charge >= 0.3 is 0 Å². The fraction of sp³-hybridized carbons (Fsp3) is 0.476. The summed E-state index contributed by atoms with van der Waals surface area (Å²) in [7, 11) is -3.41. The highest BCUT2D eigenvalue weighted by molar-refractivity contribution is 7.91. The lowest BCUT2D eigenvalue weighted by atomic mass is 9.96. The summed E-state index contributed by atoms with van der Waals surface area (Å²) >= 11 is 1.24. The van der Waals surface area contributed by atoms with Gasteiger partial charge in [-0.05, 0) is 29.9 Å². The standard InChI is InChI=1S/C21H27N3O3S2.ClH/c25-21(23-14-12-22(13-15-23)17-18-5-2-1-3-6-18)19-8-10-24(11-9-19)29(26,27)20-7-4-16-28-20;/h1-7,16,19H,8-15,17H2;1H/p-1. The summed E-state index contributed by atoms with van der Waals surface area (Å²) in [5.41, 5.74) is 1.30. The Bertz CT molecular complexity index is 906. The van der Waals surface area contributed by atoms with Crippen LogP contribution in [0.25, 0.3) is 0 Å². The first-order valence-electron chi connectivity index (χ1n) is 10.1. The third-order valence-electron chi connectivity index (χ3n) is 5.83. The lowest BCUT2D eigenvalue weighted by molar-refractivity contribution is -0.138. The molecule has 30 heavy (non-hydrogen) atoms. The van der Waals surface area contributed by atoms with Crippen molar-refractivity contribution in [2.24, 2.45) is 5.92 Å². The van der Waals surface area contributed by atoms with Crippen molar-refractivity contribution >= 4 is 27.3 Å². The van der Waals surface area contributed by atoms with Gasteiger partial charge in [-0.3, -0.25) is 9.69 Å². The Morgan fingerprint density at radius 2 is 1.60 bits per heavy atom. The zero-order chi connectivity index (χ0) is 20.3. The number of sulfonamides is 1. The lowest BCUT2D eigenvalue weighted by Gasteiger charge is -2.38. The quantitative estimate of drug-likeness (QED) is 0.593. The third kappa shape index (κ3) is 5.23. The third-order valence-corrected chi connectivity index (χ3v) is 9.10. The van der Waals surface area contributed by atoms with Gasteiger partial charge in [-0.2, -0.15) is 4.31 Å². The summed E-state index contributed by atoms with van der Waals surface area (Å²) < 4.78 is 27.2. The Morgan fingerprint density at radius 1 is 0.933 bits per heavy atom. The molecule has 0 unspecified atom stereocenters. The van der Waals surface area contributed by atoms with Gasteiger partial charge in [-0.25, -0.2) is 8.42 Å². The number of hydrogen-bond acceptors (Lipinski definition) is 5. The number of rotatable bonds is 5. The Kier molecular flexibility index (Phi) is 7.92. The molecule has 1 amide bonds. The second-order valence-electron chi connectivity index (χ2n) is 7.70. The number of benzene rings is 1. The van der Waals surface area contributed by atoms with Gasteiger partial charge in [0.15, 0.2) is 0 Å². The van der Waals surface area contributed by atoms with Gasteiger partial charge in [-0.15, -0.1) is 11.3 Å². The van der Waals surface area contributed by atoms with Gasteiger partial charge in [0.25, 0.3) is 10.0 Å². The average Bonchev–Trinajstić information content (AvgIpc) is 3.31. The molecule has 9 heteroatoms. The Morgan fingerprint density at radius 3 is 2.20 bits per heavy atom. The fourth-order valence-electron chi connectivity index (χ4n) is 4.11. The molecule has 164 valence electrons. The van der Waals surface area contributed by atoms with Crippen LogP contribution in [0.4, 0.5) is 0 Å². The predicted octanol–water partition coefficient (Wildman–Crippen LogP) is -0.503. The van der Waals surface area contributed by atoms with E-state index in [1.807, 2.05) is 11.0 Å². The number of piperidine rings is 1. The fourth-order valence-corrected chi connectivity index (χ4v) is 6.72. The van der Waals surface area contributed by atoms with E-state index < -0.39 is 10.0 Å². The van der Waals surface area contributed by atoms with Crippen LogP contribution in [-0.4, -0.2) is 67.7 Å². The highest BCUT2D eigenvalue weighted by Gasteiger charge is 2.34. The molecule has 1 aromatic heterocycles. The average molecular weight is 469 g/mol. The van der Waals surface area contributed by atoms with E-state index in [-0.39, 0.29) is 24.2 Å². The Hall–Kier alpha value is -1.45. The highest BCUT2D eigenvalue weighted by Crippen LogP contribution is 2.27. The summed E-state index contributed by atoms with van der Waals surface area (Å²) in [5.74, 6) is 0.128. The number of carbonyl (C=O) groups excluding carboxylic acids is 1. The van der Waals surface area contributed by atoms with E-state index in [4.69, 9.17) is 0 Å². The number of piperazine rings is 1.